The average Bonchev–Trinajstić information content (AvgIpc) is 1.12. The van der Waals surface area contributed by atoms with Crippen LogP contribution in [0.5, 0.6) is 0 Å². The zero-order valence-electron chi connectivity index (χ0n) is 5.00. The molecule has 0 aromatic heterocycles. The lowest BCUT2D eigenvalue weighted by Crippen LogP contribution is -2.08. The van der Waals surface area contributed by atoms with E-state index in [2.05, 4.69) is 10.3 Å². The number of hydrogen-bond acceptors (Lipinski definition) is 4. The van der Waals surface area contributed by atoms with Crippen LogP contribution in [-0.4, -0.2) is 31.4 Å². The van der Waals surface area contributed by atoms with E-state index in [0.29, 0.717) is 0 Å². The van der Waals surface area contributed by atoms with Gasteiger partial charge in [0, 0.05) is 0 Å². The minimum Gasteiger partial charge on any atom is -0.412 e. The Bertz CT molecular complexity index is 211. The summed E-state index contributed by atoms with van der Waals surface area (Å²) >= 11 is 0. The highest BCUT2D eigenvalue weighted by atomic mass is 32.2. The highest BCUT2D eigenvalue weighted by Crippen LogP contribution is 1.50. The molecule has 11 heavy (non-hydrogen) atoms. The van der Waals surface area contributed by atoms with Gasteiger partial charge in [-0.05, 0) is 0 Å². The van der Waals surface area contributed by atoms with Gasteiger partial charge in [0.2, 0.25) is 0 Å². The van der Waals surface area contributed by atoms with Crippen LogP contribution in [-0.2, 0) is 20.6 Å². The molecule has 11 heteroatoms. The van der Waals surface area contributed by atoms with Crippen LogP contribution in [0.15, 0.2) is 0 Å². The number of rotatable bonds is 0. The van der Waals surface area contributed by atoms with Gasteiger partial charge in [0.05, 0.1) is 0 Å². The SMILES string of the molecule is NS(=O)(=O)O.NS(=O)(=O)O.O. The third kappa shape index (κ3) is 6390. The summed E-state index contributed by atoms with van der Waals surface area (Å²) in [5.41, 5.74) is 0. The molecule has 0 spiro atoms. The van der Waals surface area contributed by atoms with Crippen molar-refractivity contribution < 1.29 is 31.4 Å². The quantitative estimate of drug-likeness (QED) is 0.303. The van der Waals surface area contributed by atoms with Gasteiger partial charge in [0.25, 0.3) is 0 Å². The van der Waals surface area contributed by atoms with Crippen LogP contribution in [0.3, 0.4) is 0 Å². The Morgan fingerprint density at radius 3 is 0.818 bits per heavy atom. The Morgan fingerprint density at radius 1 is 0.818 bits per heavy atom. The topological polar surface area (TPSA) is 192 Å². The predicted molar refractivity (Wildman–Crippen MR) is 35.1 cm³/mol. The summed E-state index contributed by atoms with van der Waals surface area (Å²) in [7, 11) is -8.33. The van der Waals surface area contributed by atoms with E-state index >= 15 is 0 Å². The van der Waals surface area contributed by atoms with E-state index in [4.69, 9.17) is 25.9 Å². The lowest BCUT2D eigenvalue weighted by atomic mass is 13.9. The van der Waals surface area contributed by atoms with Crippen LogP contribution in [0.2, 0.25) is 0 Å². The van der Waals surface area contributed by atoms with Crippen LogP contribution < -0.4 is 10.3 Å². The summed E-state index contributed by atoms with van der Waals surface area (Å²) < 4.78 is 50.4. The summed E-state index contributed by atoms with van der Waals surface area (Å²) in [5.74, 6) is 0. The molecule has 0 aliphatic heterocycles. The molecule has 0 saturated carbocycles. The normalized spacial score (nSPS) is 10.5. The first-order valence-corrected chi connectivity index (χ1v) is 4.51. The number of nitrogens with two attached hydrogens (primary N) is 2. The molecule has 0 aliphatic carbocycles. The Kier molecular flexibility index (Phi) is 8.28. The van der Waals surface area contributed by atoms with Crippen LogP contribution >= 0.6 is 0 Å². The zero-order valence-corrected chi connectivity index (χ0v) is 6.63. The molecule has 0 bridgehead atoms. The largest absolute Gasteiger partial charge is 0.412 e. The van der Waals surface area contributed by atoms with Crippen LogP contribution in [0, 0.1) is 0 Å². The monoisotopic (exact) mass is 212 g/mol. The molecule has 72 valence electrons. The fraction of sp³-hybridized carbons (Fsp3) is 0. The van der Waals surface area contributed by atoms with Gasteiger partial charge in [-0.3, -0.25) is 9.11 Å². The molecule has 8 N–H and O–H groups in total. The maximum Gasteiger partial charge on any atom is 0.330 e. The molecule has 0 radical (unpaired) electrons. The van der Waals surface area contributed by atoms with E-state index in [1.165, 1.54) is 0 Å². The van der Waals surface area contributed by atoms with Gasteiger partial charge in [-0.15, -0.1) is 0 Å². The molecule has 0 fully saturated rings. The minimum absolute atomic E-state index is 0. The first kappa shape index (κ1) is 17.0. The molecule has 0 saturated heterocycles. The standard InChI is InChI=1S/2H3NO3S.H2O/c2*1-5(2,3)4;/h2*(H3,1,2,3,4);1H2. The predicted octanol–water partition coefficient (Wildman–Crippen LogP) is -3.33. The molecular weight excluding hydrogens is 204 g/mol. The lowest BCUT2D eigenvalue weighted by Gasteiger charge is -1.70. The third-order valence-corrected chi connectivity index (χ3v) is 0. The number of hydrogen-bond donors (Lipinski definition) is 4. The van der Waals surface area contributed by atoms with Crippen molar-refractivity contribution in [2.75, 3.05) is 0 Å². The summed E-state index contributed by atoms with van der Waals surface area (Å²) in [4.78, 5) is 0. The zero-order chi connectivity index (χ0) is 9.00. The van der Waals surface area contributed by atoms with Gasteiger partial charge in [-0.25, -0.2) is 10.3 Å². The van der Waals surface area contributed by atoms with Crippen molar-refractivity contribution in [2.24, 2.45) is 10.3 Å². The Morgan fingerprint density at radius 2 is 0.818 bits per heavy atom. The van der Waals surface area contributed by atoms with Gasteiger partial charge in [-0.2, -0.15) is 16.8 Å². The van der Waals surface area contributed by atoms with Crippen molar-refractivity contribution in [1.29, 1.82) is 0 Å². The molecule has 0 aromatic rings. The summed E-state index contributed by atoms with van der Waals surface area (Å²) in [6.07, 6.45) is 0. The second kappa shape index (κ2) is 5.36. The van der Waals surface area contributed by atoms with Gasteiger partial charge in [-0.1, -0.05) is 0 Å². The molecule has 0 atom stereocenters. The van der Waals surface area contributed by atoms with Crippen molar-refractivity contribution >= 4 is 20.6 Å². The van der Waals surface area contributed by atoms with Gasteiger partial charge in [0.15, 0.2) is 0 Å². The Labute approximate surface area is 63.1 Å². The van der Waals surface area contributed by atoms with Crippen molar-refractivity contribution in [3.05, 3.63) is 0 Å². The summed E-state index contributed by atoms with van der Waals surface area (Å²) in [6.45, 7) is 0. The second-order valence-corrected chi connectivity index (χ2v) is 3.09. The first-order valence-electron chi connectivity index (χ1n) is 1.50. The van der Waals surface area contributed by atoms with Crippen LogP contribution in [0.1, 0.15) is 0 Å². The summed E-state index contributed by atoms with van der Waals surface area (Å²) in [6, 6.07) is 0. The van der Waals surface area contributed by atoms with Crippen LogP contribution in [0.4, 0.5) is 0 Å². The fourth-order valence-corrected chi connectivity index (χ4v) is 0. The van der Waals surface area contributed by atoms with Crippen molar-refractivity contribution in [2.45, 2.75) is 0 Å². The molecular formula is H8N2O7S2. The Balaban J connectivity index is -0.000000107. The lowest BCUT2D eigenvalue weighted by molar-refractivity contribution is 0.482. The maximum absolute atomic E-state index is 8.97. The van der Waals surface area contributed by atoms with Crippen molar-refractivity contribution in [3.8, 4) is 0 Å². The molecule has 0 amide bonds. The maximum atomic E-state index is 8.97. The van der Waals surface area contributed by atoms with Crippen LogP contribution in [0.25, 0.3) is 0 Å². The van der Waals surface area contributed by atoms with Gasteiger partial charge >= 0.3 is 20.6 Å². The highest BCUT2D eigenvalue weighted by molar-refractivity contribution is 7.83. The average molecular weight is 212 g/mol. The minimum atomic E-state index is -4.17. The van der Waals surface area contributed by atoms with E-state index < -0.39 is 20.6 Å². The molecule has 0 aromatic carbocycles. The van der Waals surface area contributed by atoms with E-state index in [9.17, 15) is 0 Å². The van der Waals surface area contributed by atoms with E-state index in [1.54, 1.807) is 0 Å². The fourth-order valence-electron chi connectivity index (χ4n) is 0. The molecule has 0 heterocycles. The van der Waals surface area contributed by atoms with E-state index in [0.717, 1.165) is 0 Å². The van der Waals surface area contributed by atoms with Crippen molar-refractivity contribution in [3.63, 3.8) is 0 Å². The molecule has 9 nitrogen and oxygen atoms in total. The smallest absolute Gasteiger partial charge is 0.330 e. The Hall–Kier alpha value is -0.300. The molecule has 0 aliphatic rings. The molecule has 0 rings (SSSR count). The van der Waals surface area contributed by atoms with Crippen molar-refractivity contribution in [1.82, 2.24) is 0 Å². The van der Waals surface area contributed by atoms with Gasteiger partial charge < -0.3 is 5.48 Å². The second-order valence-electron chi connectivity index (χ2n) is 1.03. The highest BCUT2D eigenvalue weighted by Gasteiger charge is 1.81. The summed E-state index contributed by atoms with van der Waals surface area (Å²) in [5, 5.41) is 7.76. The van der Waals surface area contributed by atoms with E-state index in [1.807, 2.05) is 0 Å². The third-order valence-electron chi connectivity index (χ3n) is 0. The van der Waals surface area contributed by atoms with E-state index in [-0.39, 0.29) is 5.48 Å². The molecule has 0 unspecified atom stereocenters. The van der Waals surface area contributed by atoms with Gasteiger partial charge in [0.1, 0.15) is 0 Å². The first-order chi connectivity index (χ1) is 4.00.